The van der Waals surface area contributed by atoms with Crippen molar-refractivity contribution in [2.24, 2.45) is 5.14 Å². The van der Waals surface area contributed by atoms with Gasteiger partial charge >= 0.3 is 0 Å². The number of nitrogens with two attached hydrogens (primary N) is 1. The molecule has 1 amide bonds. The van der Waals surface area contributed by atoms with Crippen LogP contribution in [0.4, 0.5) is 11.4 Å². The summed E-state index contributed by atoms with van der Waals surface area (Å²) in [7, 11) is -2.26. The number of hydrogen-bond acceptors (Lipinski definition) is 5. The van der Waals surface area contributed by atoms with Gasteiger partial charge in [0, 0.05) is 11.8 Å². The fourth-order valence-corrected chi connectivity index (χ4v) is 2.97. The van der Waals surface area contributed by atoms with E-state index in [0.29, 0.717) is 29.4 Å². The summed E-state index contributed by atoms with van der Waals surface area (Å²) >= 11 is 0. The van der Waals surface area contributed by atoms with Crippen LogP contribution in [0.5, 0.6) is 11.5 Å². The molecule has 0 spiro atoms. The molecule has 0 saturated heterocycles. The first-order valence-corrected chi connectivity index (χ1v) is 8.91. The second kappa shape index (κ2) is 6.61. The fourth-order valence-electron chi connectivity index (χ4n) is 2.51. The Morgan fingerprint density at radius 2 is 1.96 bits per heavy atom. The predicted octanol–water partition coefficient (Wildman–Crippen LogP) is 1.24. The maximum absolute atomic E-state index is 12.2. The van der Waals surface area contributed by atoms with E-state index in [1.807, 2.05) is 0 Å². The number of anilines is 2. The van der Waals surface area contributed by atoms with E-state index < -0.39 is 10.2 Å². The fraction of sp³-hybridized carbons (Fsp3) is 0.188. The summed E-state index contributed by atoms with van der Waals surface area (Å²) in [5, 5.41) is 4.93. The van der Waals surface area contributed by atoms with Crippen LogP contribution >= 0.6 is 0 Å². The molecule has 2 aromatic carbocycles. The Kier molecular flexibility index (Phi) is 4.51. The summed E-state index contributed by atoms with van der Waals surface area (Å²) in [5.41, 5.74) is 1.84. The number of rotatable bonds is 5. The molecule has 9 heteroatoms. The molecule has 3 rings (SSSR count). The summed E-state index contributed by atoms with van der Waals surface area (Å²) in [6.07, 6.45) is 0. The molecule has 1 heterocycles. The van der Waals surface area contributed by atoms with Crippen molar-refractivity contribution in [1.29, 1.82) is 0 Å². The minimum absolute atomic E-state index is 0.0504. The molecule has 0 aromatic heterocycles. The number of hydrogen-bond donors (Lipinski definition) is 2. The molecular weight excluding hydrogens is 346 g/mol. The second-order valence-electron chi connectivity index (χ2n) is 5.45. The molecule has 0 fully saturated rings. The van der Waals surface area contributed by atoms with Gasteiger partial charge in [-0.3, -0.25) is 9.52 Å². The SMILES string of the molecule is COc1ccc2c(c1)OCC(=O)N2Cc1ccc(NS(N)(=O)=O)cc1. The number of nitrogens with zero attached hydrogens (tertiary/aromatic N) is 1. The molecule has 1 aliphatic heterocycles. The zero-order chi connectivity index (χ0) is 18.0. The van der Waals surface area contributed by atoms with Gasteiger partial charge in [-0.05, 0) is 29.8 Å². The van der Waals surface area contributed by atoms with Gasteiger partial charge in [0.25, 0.3) is 16.1 Å². The molecule has 25 heavy (non-hydrogen) atoms. The van der Waals surface area contributed by atoms with Crippen molar-refractivity contribution in [3.63, 3.8) is 0 Å². The Morgan fingerprint density at radius 1 is 1.24 bits per heavy atom. The van der Waals surface area contributed by atoms with Gasteiger partial charge in [0.15, 0.2) is 6.61 Å². The molecule has 0 atom stereocenters. The van der Waals surface area contributed by atoms with Crippen molar-refractivity contribution in [3.05, 3.63) is 48.0 Å². The lowest BCUT2D eigenvalue weighted by atomic mass is 10.1. The van der Waals surface area contributed by atoms with E-state index in [4.69, 9.17) is 14.6 Å². The first-order chi connectivity index (χ1) is 11.9. The van der Waals surface area contributed by atoms with E-state index >= 15 is 0 Å². The van der Waals surface area contributed by atoms with E-state index in [1.165, 1.54) is 0 Å². The van der Waals surface area contributed by atoms with Gasteiger partial charge in [0.05, 0.1) is 19.3 Å². The van der Waals surface area contributed by atoms with Gasteiger partial charge in [0.2, 0.25) is 0 Å². The van der Waals surface area contributed by atoms with E-state index in [9.17, 15) is 13.2 Å². The average molecular weight is 363 g/mol. The highest BCUT2D eigenvalue weighted by atomic mass is 32.2. The van der Waals surface area contributed by atoms with Gasteiger partial charge in [-0.25, -0.2) is 5.14 Å². The highest BCUT2D eigenvalue weighted by molar-refractivity contribution is 7.90. The molecule has 0 unspecified atom stereocenters. The third kappa shape index (κ3) is 4.01. The van der Waals surface area contributed by atoms with Gasteiger partial charge in [-0.2, -0.15) is 8.42 Å². The summed E-state index contributed by atoms with van der Waals surface area (Å²) in [6.45, 7) is 0.280. The topological polar surface area (TPSA) is 111 Å². The van der Waals surface area contributed by atoms with Gasteiger partial charge < -0.3 is 14.4 Å². The number of ether oxygens (including phenoxy) is 2. The third-order valence-corrected chi connectivity index (χ3v) is 4.18. The molecule has 3 N–H and O–H groups in total. The van der Waals surface area contributed by atoms with Crippen molar-refractivity contribution in [3.8, 4) is 11.5 Å². The quantitative estimate of drug-likeness (QED) is 0.830. The lowest BCUT2D eigenvalue weighted by Gasteiger charge is -2.29. The van der Waals surface area contributed by atoms with Crippen molar-refractivity contribution >= 4 is 27.5 Å². The Balaban J connectivity index is 1.82. The summed E-state index contributed by atoms with van der Waals surface area (Å²) in [6, 6.07) is 11.9. The van der Waals surface area contributed by atoms with E-state index in [2.05, 4.69) is 4.72 Å². The first-order valence-electron chi connectivity index (χ1n) is 7.36. The highest BCUT2D eigenvalue weighted by Gasteiger charge is 2.26. The van der Waals surface area contributed by atoms with E-state index in [-0.39, 0.29) is 12.5 Å². The van der Waals surface area contributed by atoms with Crippen LogP contribution in [0.2, 0.25) is 0 Å². The summed E-state index contributed by atoms with van der Waals surface area (Å²) in [5.74, 6) is 1.06. The Bertz CT molecular complexity index is 896. The number of fused-ring (bicyclic) bond motifs is 1. The number of carbonyl (C=O) groups is 1. The molecule has 132 valence electrons. The lowest BCUT2D eigenvalue weighted by molar-refractivity contribution is -0.121. The monoisotopic (exact) mass is 363 g/mol. The van der Waals surface area contributed by atoms with Crippen molar-refractivity contribution in [1.82, 2.24) is 0 Å². The Morgan fingerprint density at radius 3 is 2.60 bits per heavy atom. The minimum Gasteiger partial charge on any atom is -0.497 e. The molecule has 2 aromatic rings. The molecule has 8 nitrogen and oxygen atoms in total. The Hall–Kier alpha value is -2.78. The van der Waals surface area contributed by atoms with E-state index in [1.54, 1.807) is 54.5 Å². The van der Waals surface area contributed by atoms with Crippen LogP contribution in [0.1, 0.15) is 5.56 Å². The smallest absolute Gasteiger partial charge is 0.296 e. The van der Waals surface area contributed by atoms with E-state index in [0.717, 1.165) is 5.56 Å². The van der Waals surface area contributed by atoms with Crippen LogP contribution < -0.4 is 24.2 Å². The minimum atomic E-state index is -3.82. The molecule has 0 bridgehead atoms. The first kappa shape index (κ1) is 17.1. The number of amides is 1. The van der Waals surface area contributed by atoms with Crippen LogP contribution in [0.3, 0.4) is 0 Å². The summed E-state index contributed by atoms with van der Waals surface area (Å²) in [4.78, 5) is 13.8. The molecule has 1 aliphatic rings. The number of benzene rings is 2. The van der Waals surface area contributed by atoms with Crippen molar-refractivity contribution in [2.75, 3.05) is 23.3 Å². The van der Waals surface area contributed by atoms with Crippen molar-refractivity contribution in [2.45, 2.75) is 6.54 Å². The van der Waals surface area contributed by atoms with Gasteiger partial charge in [-0.1, -0.05) is 12.1 Å². The second-order valence-corrected chi connectivity index (χ2v) is 6.74. The number of carbonyl (C=O) groups excluding carboxylic acids is 1. The zero-order valence-corrected chi connectivity index (χ0v) is 14.2. The average Bonchev–Trinajstić information content (AvgIpc) is 2.57. The normalized spacial score (nSPS) is 13.8. The largest absolute Gasteiger partial charge is 0.497 e. The van der Waals surface area contributed by atoms with Crippen LogP contribution in [0.15, 0.2) is 42.5 Å². The van der Waals surface area contributed by atoms with Crippen LogP contribution in [0, 0.1) is 0 Å². The molecule has 0 saturated carbocycles. The maximum atomic E-state index is 12.2. The van der Waals surface area contributed by atoms with Gasteiger partial charge in [-0.15, -0.1) is 0 Å². The van der Waals surface area contributed by atoms with Crippen LogP contribution in [0.25, 0.3) is 0 Å². The number of nitrogens with one attached hydrogen (secondary N) is 1. The molecule has 0 aliphatic carbocycles. The molecule has 0 radical (unpaired) electrons. The maximum Gasteiger partial charge on any atom is 0.296 e. The zero-order valence-electron chi connectivity index (χ0n) is 13.4. The summed E-state index contributed by atoms with van der Waals surface area (Å²) < 4.78 is 34.9. The van der Waals surface area contributed by atoms with Gasteiger partial charge in [0.1, 0.15) is 11.5 Å². The van der Waals surface area contributed by atoms with Crippen LogP contribution in [-0.4, -0.2) is 28.0 Å². The third-order valence-electron chi connectivity index (χ3n) is 3.66. The number of methoxy groups -OCH3 is 1. The Labute approximate surface area is 145 Å². The highest BCUT2D eigenvalue weighted by Crippen LogP contribution is 2.36. The predicted molar refractivity (Wildman–Crippen MR) is 92.9 cm³/mol. The van der Waals surface area contributed by atoms with Crippen LogP contribution in [-0.2, 0) is 21.5 Å². The molecular formula is C16H17N3O5S. The standard InChI is InChI=1S/C16H17N3O5S/c1-23-13-6-7-14-15(8-13)24-10-16(20)19(14)9-11-2-4-12(5-3-11)18-25(17,21)22/h2-8,18H,9-10H2,1H3,(H2,17,21,22). The van der Waals surface area contributed by atoms with Crippen molar-refractivity contribution < 1.29 is 22.7 Å². The lowest BCUT2D eigenvalue weighted by Crippen LogP contribution is -2.38.